The average molecular weight is 1670 g/mol. The first kappa shape index (κ1) is 106. The highest BCUT2D eigenvalue weighted by Gasteiger charge is 2.60. The van der Waals surface area contributed by atoms with E-state index in [1.54, 1.807) is 0 Å². The number of rotatable bonds is 75. The van der Waals surface area contributed by atoms with Crippen LogP contribution >= 0.6 is 7.82 Å². The number of unbranched alkanes of at least 4 members (excludes halogenated alkanes) is 49. The number of phosphoric acid groups is 1. The van der Waals surface area contributed by atoms with Crippen LogP contribution in [0.15, 0.2) is 12.2 Å². The molecule has 25 nitrogen and oxygen atoms in total. The van der Waals surface area contributed by atoms with Gasteiger partial charge in [0.15, 0.2) is 24.8 Å². The van der Waals surface area contributed by atoms with Crippen molar-refractivity contribution in [2.45, 2.75) is 504 Å². The van der Waals surface area contributed by atoms with E-state index in [0.717, 1.165) is 141 Å². The molecule has 0 amide bonds. The molecule has 3 rings (SSSR count). The van der Waals surface area contributed by atoms with Crippen LogP contribution in [0.3, 0.4) is 0 Å². The normalized spacial score (nSPS) is 25.3. The van der Waals surface area contributed by atoms with Gasteiger partial charge in [-0.1, -0.05) is 335 Å². The summed E-state index contributed by atoms with van der Waals surface area (Å²) in [6.45, 7) is 5.59. The third-order valence-electron chi connectivity index (χ3n) is 22.8. The fraction of sp³-hybridized carbons (Fsp3) is 0.933. The summed E-state index contributed by atoms with van der Waals surface area (Å²) in [6, 6.07) is 0. The number of hydrogen-bond donors (Lipinski definition) is 10. The van der Waals surface area contributed by atoms with Gasteiger partial charge in [-0.2, -0.15) is 0 Å². The summed E-state index contributed by atoms with van der Waals surface area (Å²) in [4.78, 5) is 66.4. The first-order valence-electron chi connectivity index (χ1n) is 46.4. The largest absolute Gasteiger partial charge is 0.472 e. The lowest BCUT2D eigenvalue weighted by atomic mass is 9.84. The van der Waals surface area contributed by atoms with Gasteiger partial charge < -0.3 is 88.7 Å². The predicted molar refractivity (Wildman–Crippen MR) is 444 cm³/mol. The number of ether oxygens (including phenoxy) is 8. The smallest absolute Gasteiger partial charge is 0.463 e. The van der Waals surface area contributed by atoms with Crippen LogP contribution in [0.1, 0.15) is 400 Å². The quantitative estimate of drug-likeness (QED) is 0.00889. The molecule has 0 spiro atoms. The minimum atomic E-state index is -5.80. The van der Waals surface area contributed by atoms with E-state index in [4.69, 9.17) is 46.9 Å². The zero-order valence-electron chi connectivity index (χ0n) is 71.9. The molecule has 676 valence electrons. The molecular formula is C89H165O25P. The van der Waals surface area contributed by atoms with Crippen molar-refractivity contribution in [3.63, 3.8) is 0 Å². The van der Waals surface area contributed by atoms with Gasteiger partial charge in [0, 0.05) is 25.7 Å². The molecule has 0 aromatic rings. The highest BCUT2D eigenvalue weighted by Crippen LogP contribution is 2.49. The SMILES string of the molecule is CCCCCC/C=C\CCCCCCCCCC(=O)OC(COC(=O)CCCCCCCCCCCCCCC)COP(=O)(O)OC1C(OC2OC(CO)C(O)C(O)C2O)C(O)C(O)C(OC(=O)CCCCCCCCCCCCCCCCC)C1OC1OC(COC(=O)CCCCCCCCCCCCCCC)C(O)C(O)C1O. The molecule has 2 heterocycles. The molecule has 3 aliphatic rings. The number of allylic oxidation sites excluding steroid dienone is 2. The second-order valence-corrected chi connectivity index (χ2v) is 34.6. The molecule has 26 heteroatoms. The Kier molecular flexibility index (Phi) is 63.6. The predicted octanol–water partition coefficient (Wildman–Crippen LogP) is 16.8. The van der Waals surface area contributed by atoms with E-state index >= 15 is 0 Å². The average Bonchev–Trinajstić information content (AvgIpc) is 0.750. The number of aliphatic hydroxyl groups is 9. The van der Waals surface area contributed by atoms with Crippen LogP contribution in [0.25, 0.3) is 0 Å². The summed E-state index contributed by atoms with van der Waals surface area (Å²) in [5, 5.41) is 102. The Morgan fingerprint density at radius 2 is 0.652 bits per heavy atom. The number of carbonyl (C=O) groups excluding carboxylic acids is 4. The van der Waals surface area contributed by atoms with Crippen molar-refractivity contribution in [2.24, 2.45) is 0 Å². The lowest BCUT2D eigenvalue weighted by molar-refractivity contribution is -0.360. The highest BCUT2D eigenvalue weighted by molar-refractivity contribution is 7.47. The molecule has 18 unspecified atom stereocenters. The van der Waals surface area contributed by atoms with Gasteiger partial charge in [-0.15, -0.1) is 0 Å². The van der Waals surface area contributed by atoms with Crippen molar-refractivity contribution in [3.05, 3.63) is 12.2 Å². The fourth-order valence-corrected chi connectivity index (χ4v) is 16.3. The Hall–Kier alpha value is -2.79. The standard InChI is InChI=1S/C89H165O25P/c1-5-9-13-17-21-25-29-33-35-39-43-47-51-55-59-63-74(93)108-69(66-105-72(91)61-57-53-49-45-41-37-31-27-23-19-15-11-7-3)67-107-115(103,104)114-87-85(112-88-82(101)78(97)76(95)70(65-90)109-88)81(100)80(99)84(111-75(94)64-60-56-52-48-44-40-36-34-30-26-22-18-14-10-6-2)86(87)113-89-83(102)79(98)77(96)71(110-89)68-106-73(92)62-58-54-50-46-42-38-32-28-24-20-16-12-8-4/h25,29,69-71,76-90,95-102H,5-24,26-28,30-68H2,1-4H3,(H,103,104)/b29-25-. The molecule has 1 aliphatic carbocycles. The Bertz CT molecular complexity index is 2440. The van der Waals surface area contributed by atoms with Crippen LogP contribution in [0, 0.1) is 0 Å². The zero-order chi connectivity index (χ0) is 84.0. The monoisotopic (exact) mass is 1670 g/mol. The van der Waals surface area contributed by atoms with Crippen LogP contribution in [-0.4, -0.2) is 205 Å². The molecule has 2 saturated heterocycles. The number of hydrogen-bond acceptors (Lipinski definition) is 24. The molecule has 1 saturated carbocycles. The molecule has 3 fully saturated rings. The zero-order valence-corrected chi connectivity index (χ0v) is 72.7. The van der Waals surface area contributed by atoms with Crippen LogP contribution in [0.4, 0.5) is 0 Å². The molecule has 115 heavy (non-hydrogen) atoms. The van der Waals surface area contributed by atoms with Crippen molar-refractivity contribution in [2.75, 3.05) is 26.4 Å². The maximum Gasteiger partial charge on any atom is 0.472 e. The third-order valence-corrected chi connectivity index (χ3v) is 23.8. The third kappa shape index (κ3) is 49.2. The lowest BCUT2D eigenvalue weighted by Gasteiger charge is -2.50. The van der Waals surface area contributed by atoms with Crippen molar-refractivity contribution < 1.29 is 122 Å². The lowest BCUT2D eigenvalue weighted by Crippen LogP contribution is -2.70. The van der Waals surface area contributed by atoms with Crippen molar-refractivity contribution in [3.8, 4) is 0 Å². The van der Waals surface area contributed by atoms with E-state index in [1.165, 1.54) is 167 Å². The summed E-state index contributed by atoms with van der Waals surface area (Å²) in [5.41, 5.74) is 0. The van der Waals surface area contributed by atoms with Crippen molar-refractivity contribution in [1.82, 2.24) is 0 Å². The number of esters is 4. The number of phosphoric ester groups is 1. The van der Waals surface area contributed by atoms with Gasteiger partial charge >= 0.3 is 31.7 Å². The summed E-state index contributed by atoms with van der Waals surface area (Å²) >= 11 is 0. The van der Waals surface area contributed by atoms with Crippen molar-refractivity contribution in [1.29, 1.82) is 0 Å². The van der Waals surface area contributed by atoms with Crippen LogP contribution in [0.5, 0.6) is 0 Å². The maximum absolute atomic E-state index is 14.9. The Balaban J connectivity index is 1.92. The van der Waals surface area contributed by atoms with E-state index in [-0.39, 0.29) is 25.7 Å². The molecule has 10 N–H and O–H groups in total. The maximum atomic E-state index is 14.9. The molecule has 2 aliphatic heterocycles. The molecule has 18 atom stereocenters. The van der Waals surface area contributed by atoms with Gasteiger partial charge in [0.1, 0.15) is 92.6 Å². The molecular weight excluding hydrogens is 1500 g/mol. The van der Waals surface area contributed by atoms with Crippen LogP contribution < -0.4 is 0 Å². The Morgan fingerprint density at radius 3 is 1.04 bits per heavy atom. The van der Waals surface area contributed by atoms with Gasteiger partial charge in [-0.3, -0.25) is 28.2 Å². The number of carbonyl (C=O) groups is 4. The fourth-order valence-electron chi connectivity index (χ4n) is 15.4. The van der Waals surface area contributed by atoms with E-state index in [2.05, 4.69) is 39.8 Å². The van der Waals surface area contributed by atoms with Gasteiger partial charge in [0.2, 0.25) is 0 Å². The van der Waals surface area contributed by atoms with E-state index < -0.39 is 162 Å². The van der Waals surface area contributed by atoms with E-state index in [1.807, 2.05) is 0 Å². The van der Waals surface area contributed by atoms with Gasteiger partial charge in [0.05, 0.1) is 13.2 Å². The first-order chi connectivity index (χ1) is 55.7. The molecule has 0 aromatic carbocycles. The highest BCUT2D eigenvalue weighted by atomic mass is 31.2. The minimum Gasteiger partial charge on any atom is -0.463 e. The Labute approximate surface area is 692 Å². The number of aliphatic hydroxyl groups excluding tert-OH is 9. The van der Waals surface area contributed by atoms with Gasteiger partial charge in [-0.05, 0) is 51.4 Å². The van der Waals surface area contributed by atoms with Crippen LogP contribution in [0.2, 0.25) is 0 Å². The summed E-state index contributed by atoms with van der Waals surface area (Å²) < 4.78 is 73.4. The van der Waals surface area contributed by atoms with Gasteiger partial charge in [0.25, 0.3) is 0 Å². The second kappa shape index (κ2) is 68.7. The Morgan fingerprint density at radius 1 is 0.339 bits per heavy atom. The molecule has 0 radical (unpaired) electrons. The van der Waals surface area contributed by atoms with E-state index in [9.17, 15) is 74.6 Å². The van der Waals surface area contributed by atoms with Gasteiger partial charge in [-0.25, -0.2) is 4.57 Å². The van der Waals surface area contributed by atoms with Crippen molar-refractivity contribution >= 4 is 31.7 Å². The second-order valence-electron chi connectivity index (χ2n) is 33.2. The molecule has 0 bridgehead atoms. The minimum absolute atomic E-state index is 0.0185. The summed E-state index contributed by atoms with van der Waals surface area (Å²) in [7, 11) is -5.80. The van der Waals surface area contributed by atoms with Crippen LogP contribution in [-0.2, 0) is 70.7 Å². The topological polar surface area (TPSA) is 380 Å². The molecule has 0 aromatic heterocycles. The van der Waals surface area contributed by atoms with E-state index in [0.29, 0.717) is 38.5 Å². The summed E-state index contributed by atoms with van der Waals surface area (Å²) in [5.74, 6) is -2.96. The first-order valence-corrected chi connectivity index (χ1v) is 47.9. The summed E-state index contributed by atoms with van der Waals surface area (Å²) in [6.07, 6.45) is 26.3.